The number of carbonyl (C=O) groups is 1. The van der Waals surface area contributed by atoms with Crippen molar-refractivity contribution >= 4 is 6.03 Å². The topological polar surface area (TPSA) is 67.8 Å². The fourth-order valence-corrected chi connectivity index (χ4v) is 2.73. The van der Waals surface area contributed by atoms with Crippen molar-refractivity contribution in [2.24, 2.45) is 0 Å². The van der Waals surface area contributed by atoms with E-state index >= 15 is 0 Å². The molecule has 134 valence electrons. The van der Waals surface area contributed by atoms with Crippen molar-refractivity contribution in [2.45, 2.75) is 19.1 Å². The number of nitrogens with zero attached hydrogens (tertiary/aromatic N) is 2. The Bertz CT molecular complexity index is 518. The number of likely N-dealkylation sites (N-methyl/N-ethyl adjacent to an activating group) is 1. The van der Waals surface area contributed by atoms with Crippen LogP contribution in [0.15, 0.2) is 24.3 Å². The molecule has 0 aliphatic carbocycles. The molecule has 1 heterocycles. The molecule has 1 aromatic carbocycles. The summed E-state index contributed by atoms with van der Waals surface area (Å²) < 4.78 is 12.9. The van der Waals surface area contributed by atoms with Gasteiger partial charge in [-0.3, -0.25) is 4.90 Å². The summed E-state index contributed by atoms with van der Waals surface area (Å²) in [5, 5.41) is 15.5. The SMILES string of the molecule is CC(CN1CCN(C)CC1)NC(=O)NCC(O)c1ccc(F)cc1. The van der Waals surface area contributed by atoms with Crippen LogP contribution in [-0.2, 0) is 0 Å². The van der Waals surface area contributed by atoms with Crippen LogP contribution >= 0.6 is 0 Å². The van der Waals surface area contributed by atoms with Crippen molar-refractivity contribution < 1.29 is 14.3 Å². The summed E-state index contributed by atoms with van der Waals surface area (Å²) >= 11 is 0. The highest BCUT2D eigenvalue weighted by atomic mass is 19.1. The molecule has 6 nitrogen and oxygen atoms in total. The zero-order valence-electron chi connectivity index (χ0n) is 14.3. The van der Waals surface area contributed by atoms with E-state index in [0.29, 0.717) is 5.56 Å². The highest BCUT2D eigenvalue weighted by Crippen LogP contribution is 2.12. The lowest BCUT2D eigenvalue weighted by molar-refractivity contribution is 0.143. The lowest BCUT2D eigenvalue weighted by atomic mass is 10.1. The molecule has 0 bridgehead atoms. The van der Waals surface area contributed by atoms with Gasteiger partial charge in [-0.1, -0.05) is 12.1 Å². The predicted octanol–water partition coefficient (Wildman–Crippen LogP) is 0.794. The molecule has 1 aliphatic heterocycles. The maximum atomic E-state index is 12.9. The Labute approximate surface area is 142 Å². The number of hydrogen-bond donors (Lipinski definition) is 3. The number of aliphatic hydroxyl groups is 1. The van der Waals surface area contributed by atoms with Crippen molar-refractivity contribution in [3.63, 3.8) is 0 Å². The Morgan fingerprint density at radius 3 is 2.50 bits per heavy atom. The lowest BCUT2D eigenvalue weighted by Crippen LogP contribution is -2.51. The van der Waals surface area contributed by atoms with E-state index in [2.05, 4.69) is 27.5 Å². The second-order valence-electron chi connectivity index (χ2n) is 6.43. The third-order valence-electron chi connectivity index (χ3n) is 4.22. The molecule has 1 aromatic rings. The summed E-state index contributed by atoms with van der Waals surface area (Å²) in [6, 6.07) is 5.31. The Balaban J connectivity index is 1.67. The summed E-state index contributed by atoms with van der Waals surface area (Å²) in [5.41, 5.74) is 0.571. The van der Waals surface area contributed by atoms with Gasteiger partial charge in [-0.2, -0.15) is 0 Å². The molecule has 1 aliphatic rings. The standard InChI is InChI=1S/C17H27FN4O2/c1-13(12-22-9-7-21(2)8-10-22)20-17(24)19-11-16(23)14-3-5-15(18)6-4-14/h3-6,13,16,23H,7-12H2,1-2H3,(H2,19,20,24). The third kappa shape index (κ3) is 6.07. The average molecular weight is 338 g/mol. The van der Waals surface area contributed by atoms with Gasteiger partial charge in [0, 0.05) is 45.3 Å². The maximum absolute atomic E-state index is 12.9. The van der Waals surface area contributed by atoms with Gasteiger partial charge in [0.05, 0.1) is 6.10 Å². The van der Waals surface area contributed by atoms with E-state index in [1.165, 1.54) is 24.3 Å². The minimum absolute atomic E-state index is 0.0244. The number of nitrogens with one attached hydrogen (secondary N) is 2. The quantitative estimate of drug-likeness (QED) is 0.718. The molecule has 2 rings (SSSR count). The van der Waals surface area contributed by atoms with E-state index in [4.69, 9.17) is 0 Å². The van der Waals surface area contributed by atoms with Gasteiger partial charge in [-0.25, -0.2) is 9.18 Å². The Kier molecular flexibility index (Phi) is 6.96. The largest absolute Gasteiger partial charge is 0.387 e. The molecule has 7 heteroatoms. The molecule has 2 amide bonds. The Morgan fingerprint density at radius 1 is 1.25 bits per heavy atom. The number of hydrogen-bond acceptors (Lipinski definition) is 4. The smallest absolute Gasteiger partial charge is 0.315 e. The van der Waals surface area contributed by atoms with Gasteiger partial charge in [0.25, 0.3) is 0 Å². The molecule has 2 atom stereocenters. The summed E-state index contributed by atoms with van der Waals surface area (Å²) in [6.45, 7) is 6.96. The molecule has 1 saturated heterocycles. The van der Waals surface area contributed by atoms with Crippen LogP contribution < -0.4 is 10.6 Å². The predicted molar refractivity (Wildman–Crippen MR) is 91.3 cm³/mol. The molecule has 0 radical (unpaired) electrons. The zero-order chi connectivity index (χ0) is 17.5. The number of carbonyl (C=O) groups excluding carboxylic acids is 1. The highest BCUT2D eigenvalue weighted by Gasteiger charge is 2.17. The molecule has 1 fully saturated rings. The van der Waals surface area contributed by atoms with Gasteiger partial charge in [0.2, 0.25) is 0 Å². The minimum atomic E-state index is -0.857. The summed E-state index contributed by atoms with van der Waals surface area (Å²) in [6.07, 6.45) is -0.857. The number of benzene rings is 1. The van der Waals surface area contributed by atoms with E-state index in [-0.39, 0.29) is 24.4 Å². The summed E-state index contributed by atoms with van der Waals surface area (Å²) in [5.74, 6) is -0.352. The van der Waals surface area contributed by atoms with E-state index < -0.39 is 6.10 Å². The molecule has 0 saturated carbocycles. The first kappa shape index (κ1) is 18.6. The van der Waals surface area contributed by atoms with Crippen LogP contribution in [0.1, 0.15) is 18.6 Å². The van der Waals surface area contributed by atoms with Gasteiger partial charge >= 0.3 is 6.03 Å². The van der Waals surface area contributed by atoms with E-state index in [9.17, 15) is 14.3 Å². The maximum Gasteiger partial charge on any atom is 0.315 e. The normalized spacial score (nSPS) is 18.8. The number of aliphatic hydroxyl groups excluding tert-OH is 1. The number of halogens is 1. The zero-order valence-corrected chi connectivity index (χ0v) is 14.3. The summed E-state index contributed by atoms with van der Waals surface area (Å²) in [7, 11) is 2.11. The van der Waals surface area contributed by atoms with Crippen LogP contribution in [0.5, 0.6) is 0 Å². The number of amides is 2. The first-order chi connectivity index (χ1) is 11.4. The minimum Gasteiger partial charge on any atom is -0.387 e. The molecular weight excluding hydrogens is 311 g/mol. The number of urea groups is 1. The first-order valence-electron chi connectivity index (χ1n) is 8.33. The number of rotatable bonds is 6. The molecular formula is C17H27FN4O2. The van der Waals surface area contributed by atoms with Crippen LogP contribution in [0.3, 0.4) is 0 Å². The van der Waals surface area contributed by atoms with Crippen molar-refractivity contribution in [1.82, 2.24) is 20.4 Å². The lowest BCUT2D eigenvalue weighted by Gasteiger charge is -2.34. The van der Waals surface area contributed by atoms with Gasteiger partial charge in [0.1, 0.15) is 5.82 Å². The van der Waals surface area contributed by atoms with Gasteiger partial charge in [-0.05, 0) is 31.7 Å². The van der Waals surface area contributed by atoms with Crippen LogP contribution in [0.2, 0.25) is 0 Å². The first-order valence-corrected chi connectivity index (χ1v) is 8.33. The van der Waals surface area contributed by atoms with Crippen molar-refractivity contribution in [3.05, 3.63) is 35.6 Å². The molecule has 0 aromatic heterocycles. The molecule has 24 heavy (non-hydrogen) atoms. The van der Waals surface area contributed by atoms with E-state index in [1.807, 2.05) is 6.92 Å². The van der Waals surface area contributed by atoms with Gasteiger partial charge in [-0.15, -0.1) is 0 Å². The van der Waals surface area contributed by atoms with Crippen molar-refractivity contribution in [1.29, 1.82) is 0 Å². The van der Waals surface area contributed by atoms with Crippen LogP contribution in [0, 0.1) is 5.82 Å². The van der Waals surface area contributed by atoms with Gasteiger partial charge in [0.15, 0.2) is 0 Å². The monoisotopic (exact) mass is 338 g/mol. The van der Waals surface area contributed by atoms with Crippen LogP contribution in [-0.4, -0.2) is 73.3 Å². The third-order valence-corrected chi connectivity index (χ3v) is 4.22. The number of piperazine rings is 1. The Hall–Kier alpha value is -1.70. The Morgan fingerprint density at radius 2 is 1.88 bits per heavy atom. The van der Waals surface area contributed by atoms with Gasteiger partial charge < -0.3 is 20.6 Å². The second kappa shape index (κ2) is 8.96. The van der Waals surface area contributed by atoms with Crippen LogP contribution in [0.25, 0.3) is 0 Å². The highest BCUT2D eigenvalue weighted by molar-refractivity contribution is 5.74. The van der Waals surface area contributed by atoms with E-state index in [0.717, 1.165) is 32.7 Å². The molecule has 2 unspecified atom stereocenters. The van der Waals surface area contributed by atoms with Crippen molar-refractivity contribution in [2.75, 3.05) is 46.3 Å². The molecule has 3 N–H and O–H groups in total. The molecule has 0 spiro atoms. The second-order valence-corrected chi connectivity index (χ2v) is 6.43. The van der Waals surface area contributed by atoms with E-state index in [1.54, 1.807) is 0 Å². The summed E-state index contributed by atoms with van der Waals surface area (Å²) in [4.78, 5) is 16.5. The average Bonchev–Trinajstić information content (AvgIpc) is 2.55. The van der Waals surface area contributed by atoms with Crippen LogP contribution in [0.4, 0.5) is 9.18 Å². The fourth-order valence-electron chi connectivity index (χ4n) is 2.73. The van der Waals surface area contributed by atoms with Crippen molar-refractivity contribution in [3.8, 4) is 0 Å². The fraction of sp³-hybridized carbons (Fsp3) is 0.588.